The Balaban J connectivity index is 1.85. The zero-order valence-electron chi connectivity index (χ0n) is 32.6. The first-order valence-corrected chi connectivity index (χ1v) is 19.0. The van der Waals surface area contributed by atoms with Gasteiger partial charge in [0.1, 0.15) is 31.5 Å². The van der Waals surface area contributed by atoms with E-state index in [1.807, 2.05) is 0 Å². The van der Waals surface area contributed by atoms with Gasteiger partial charge in [0.15, 0.2) is 43.0 Å². The Morgan fingerprint density at radius 3 is 1.55 bits per heavy atom. The van der Waals surface area contributed by atoms with E-state index in [1.165, 1.54) is 12.1 Å². The predicted octanol–water partition coefficient (Wildman–Crippen LogP) is 0.212. The maximum atomic E-state index is 13.5. The van der Waals surface area contributed by atoms with E-state index in [2.05, 4.69) is 10.3 Å². The molecule has 4 rings (SSSR count). The van der Waals surface area contributed by atoms with Crippen molar-refractivity contribution in [1.82, 2.24) is 15.0 Å². The molecule has 1 aromatic heterocycles. The lowest BCUT2D eigenvalue weighted by Crippen LogP contribution is -2.66. The van der Waals surface area contributed by atoms with Crippen LogP contribution in [0.25, 0.3) is 0 Å². The van der Waals surface area contributed by atoms with Gasteiger partial charge in [0, 0.05) is 48.5 Å². The molecule has 22 nitrogen and oxygen atoms in total. The number of rotatable bonds is 14. The van der Waals surface area contributed by atoms with E-state index in [0.717, 1.165) is 64.9 Å². The largest absolute Gasteiger partial charge is 0.463 e. The molecule has 2 aliphatic heterocycles. The summed E-state index contributed by atoms with van der Waals surface area (Å²) in [7, 11) is -4.26. The summed E-state index contributed by atoms with van der Waals surface area (Å²) in [5, 5.41) is 7.18. The number of carbonyl (C=O) groups is 7. The van der Waals surface area contributed by atoms with Gasteiger partial charge in [0.2, 0.25) is 14.9 Å². The van der Waals surface area contributed by atoms with Crippen LogP contribution in [0.15, 0.2) is 40.4 Å². The van der Waals surface area contributed by atoms with Crippen molar-refractivity contribution in [2.24, 2.45) is 0 Å². The van der Waals surface area contributed by atoms with Crippen molar-refractivity contribution < 1.29 is 89.3 Å². The van der Waals surface area contributed by atoms with Crippen molar-refractivity contribution in [3.05, 3.63) is 36.0 Å². The number of nitrogens with zero attached hydrogens (tertiary/aromatic N) is 3. The van der Waals surface area contributed by atoms with Gasteiger partial charge in [-0.3, -0.25) is 33.6 Å². The topological polar surface area (TPSA) is 277 Å². The van der Waals surface area contributed by atoms with E-state index in [1.54, 1.807) is 19.1 Å². The standard InChI is InChI=1S/C35H43N3O19S/c1-16-9-11-24(12-10-16)58(46,47)27-13-38(37-36-27)34-32(53-22(7)44)30(51-20(5)42)29(25(55-34)14-48-17(2)39)57-35-33(54-23(8)45)31(52-21(6)43)28(50-19(4)41)26(56-35)15-49-18(3)40/h9-13,25-26,28-35H,14-15H2,1-8H3. The molecule has 10 atom stereocenters. The summed E-state index contributed by atoms with van der Waals surface area (Å²) in [5.74, 6) is -6.32. The minimum absolute atomic E-state index is 0.116. The number of ether oxygens (including phenoxy) is 10. The number of aryl methyl sites for hydroxylation is 1. The summed E-state index contributed by atoms with van der Waals surface area (Å²) in [4.78, 5) is 86.3. The normalized spacial score (nSPS) is 27.0. The van der Waals surface area contributed by atoms with Gasteiger partial charge in [-0.05, 0) is 19.1 Å². The summed E-state index contributed by atoms with van der Waals surface area (Å²) < 4.78 is 84.5. The number of hydrogen-bond acceptors (Lipinski definition) is 21. The second-order valence-electron chi connectivity index (χ2n) is 13.0. The van der Waals surface area contributed by atoms with Gasteiger partial charge in [0.25, 0.3) is 0 Å². The molecule has 0 bridgehead atoms. The summed E-state index contributed by atoms with van der Waals surface area (Å²) in [5.41, 5.74) is 0.790. The Labute approximate surface area is 331 Å². The molecule has 3 heterocycles. The Morgan fingerprint density at radius 2 is 1.05 bits per heavy atom. The molecule has 0 spiro atoms. The van der Waals surface area contributed by atoms with Crippen molar-refractivity contribution in [3.8, 4) is 0 Å². The number of sulfone groups is 1. The van der Waals surface area contributed by atoms with Gasteiger partial charge in [-0.1, -0.05) is 22.9 Å². The van der Waals surface area contributed by atoms with E-state index in [4.69, 9.17) is 47.4 Å². The molecule has 0 N–H and O–H groups in total. The van der Waals surface area contributed by atoms with Crippen LogP contribution < -0.4 is 0 Å². The average molecular weight is 842 g/mol. The molecule has 318 valence electrons. The third-order valence-corrected chi connectivity index (χ3v) is 9.89. The second kappa shape index (κ2) is 19.3. The second-order valence-corrected chi connectivity index (χ2v) is 14.9. The third kappa shape index (κ3) is 11.5. The molecule has 2 aliphatic rings. The quantitative estimate of drug-likeness (QED) is 0.182. The zero-order valence-corrected chi connectivity index (χ0v) is 33.4. The lowest BCUT2D eigenvalue weighted by atomic mass is 9.95. The highest BCUT2D eigenvalue weighted by molar-refractivity contribution is 7.91. The molecule has 2 aromatic rings. The van der Waals surface area contributed by atoms with Gasteiger partial charge in [-0.15, -0.1) is 5.10 Å². The fraction of sp³-hybridized carbons (Fsp3) is 0.571. The van der Waals surface area contributed by atoms with E-state index in [0.29, 0.717) is 0 Å². The highest BCUT2D eigenvalue weighted by atomic mass is 32.2. The van der Waals surface area contributed by atoms with Crippen LogP contribution in [-0.2, 0) is 90.8 Å². The molecule has 1 aromatic carbocycles. The van der Waals surface area contributed by atoms with Crippen LogP contribution in [0.2, 0.25) is 0 Å². The maximum Gasteiger partial charge on any atom is 0.303 e. The smallest absolute Gasteiger partial charge is 0.303 e. The van der Waals surface area contributed by atoms with Crippen molar-refractivity contribution in [2.75, 3.05) is 13.2 Å². The van der Waals surface area contributed by atoms with E-state index < -0.39 is 131 Å². The Bertz CT molecular complexity index is 1970. The number of esters is 7. The Kier molecular flexibility index (Phi) is 15.0. The van der Waals surface area contributed by atoms with Crippen LogP contribution in [-0.4, -0.2) is 134 Å². The average Bonchev–Trinajstić information content (AvgIpc) is 3.61. The lowest BCUT2D eigenvalue weighted by Gasteiger charge is -2.48. The molecule has 23 heteroatoms. The van der Waals surface area contributed by atoms with Crippen LogP contribution in [0.3, 0.4) is 0 Å². The van der Waals surface area contributed by atoms with Gasteiger partial charge < -0.3 is 47.4 Å². The van der Waals surface area contributed by atoms with Crippen molar-refractivity contribution >= 4 is 51.6 Å². The van der Waals surface area contributed by atoms with E-state index in [9.17, 15) is 42.0 Å². The van der Waals surface area contributed by atoms with Gasteiger partial charge in [0.05, 0.1) is 11.1 Å². The monoisotopic (exact) mass is 841 g/mol. The fourth-order valence-electron chi connectivity index (χ4n) is 6.05. The van der Waals surface area contributed by atoms with Gasteiger partial charge in [-0.2, -0.15) is 0 Å². The molecule has 0 radical (unpaired) electrons. The molecular formula is C35H43N3O19S. The molecule has 2 fully saturated rings. The summed E-state index contributed by atoms with van der Waals surface area (Å²) >= 11 is 0. The van der Waals surface area contributed by atoms with E-state index >= 15 is 0 Å². The minimum Gasteiger partial charge on any atom is -0.463 e. The summed E-state index contributed by atoms with van der Waals surface area (Å²) in [6, 6.07) is 5.88. The van der Waals surface area contributed by atoms with Crippen LogP contribution in [0.4, 0.5) is 0 Å². The highest BCUT2D eigenvalue weighted by Crippen LogP contribution is 2.38. The number of hydrogen-bond donors (Lipinski definition) is 0. The summed E-state index contributed by atoms with van der Waals surface area (Å²) in [6.07, 6.45) is -15.8. The first kappa shape index (κ1) is 45.2. The number of aromatic nitrogens is 3. The Morgan fingerprint density at radius 1 is 0.603 bits per heavy atom. The third-order valence-electron chi connectivity index (χ3n) is 8.26. The van der Waals surface area contributed by atoms with Gasteiger partial charge >= 0.3 is 41.8 Å². The molecule has 0 saturated carbocycles. The first-order valence-electron chi connectivity index (χ1n) is 17.5. The fourth-order valence-corrected chi connectivity index (χ4v) is 7.17. The molecule has 10 unspecified atom stereocenters. The Hall–Kier alpha value is -5.52. The summed E-state index contributed by atoms with van der Waals surface area (Å²) in [6.45, 7) is 7.66. The molecule has 0 aliphatic carbocycles. The maximum absolute atomic E-state index is 13.5. The van der Waals surface area contributed by atoms with Crippen LogP contribution in [0.1, 0.15) is 60.3 Å². The van der Waals surface area contributed by atoms with Crippen LogP contribution in [0.5, 0.6) is 0 Å². The number of benzene rings is 1. The zero-order chi connectivity index (χ0) is 43.1. The van der Waals surface area contributed by atoms with Crippen LogP contribution >= 0.6 is 0 Å². The molecule has 0 amide bonds. The molecular weight excluding hydrogens is 798 g/mol. The van der Waals surface area contributed by atoms with Crippen molar-refractivity contribution in [3.63, 3.8) is 0 Å². The molecule has 58 heavy (non-hydrogen) atoms. The van der Waals surface area contributed by atoms with Crippen LogP contribution in [0, 0.1) is 6.92 Å². The lowest BCUT2D eigenvalue weighted by molar-refractivity contribution is -0.349. The van der Waals surface area contributed by atoms with Crippen molar-refractivity contribution in [2.45, 2.75) is 127 Å². The predicted molar refractivity (Wildman–Crippen MR) is 185 cm³/mol. The SMILES string of the molecule is CC(=O)OCC1OC(OC2C(COC(C)=O)OC(n3cc(S(=O)(=O)c4ccc(C)cc4)nn3)C(OC(C)=O)C2OC(C)=O)C(OC(C)=O)C(OC(C)=O)C1OC(C)=O. The van der Waals surface area contributed by atoms with E-state index in [-0.39, 0.29) is 4.90 Å². The first-order chi connectivity index (χ1) is 27.2. The van der Waals surface area contributed by atoms with Gasteiger partial charge in [-0.25, -0.2) is 13.1 Å². The highest BCUT2D eigenvalue weighted by Gasteiger charge is 2.58. The number of carbonyl (C=O) groups excluding carboxylic acids is 7. The molecule has 2 saturated heterocycles. The minimum atomic E-state index is -4.26. The van der Waals surface area contributed by atoms with Crippen molar-refractivity contribution in [1.29, 1.82) is 0 Å².